The Hall–Kier alpha value is -1.42. The topological polar surface area (TPSA) is 44.9 Å². The third kappa shape index (κ3) is 3.29. The molecular weight excluding hydrogens is 244 g/mol. The van der Waals surface area contributed by atoms with Crippen molar-refractivity contribution in [3.8, 4) is 0 Å². The van der Waals surface area contributed by atoms with Crippen LogP contribution < -0.4 is 5.32 Å². The van der Waals surface area contributed by atoms with Crippen molar-refractivity contribution in [1.82, 2.24) is 10.3 Å². The first kappa shape index (κ1) is 13.0. The number of fused-ring (bicyclic) bond motifs is 1. The molecule has 0 bridgehead atoms. The summed E-state index contributed by atoms with van der Waals surface area (Å²) in [5.74, 6) is 1.17. The number of H-pyrrole nitrogens is 1. The summed E-state index contributed by atoms with van der Waals surface area (Å²) in [7, 11) is 0. The van der Waals surface area contributed by atoms with Gasteiger partial charge in [0.1, 0.15) is 0 Å². The largest absolute Gasteiger partial charge is 0.361 e. The number of aromatic nitrogens is 1. The maximum atomic E-state index is 11.9. The highest BCUT2D eigenvalue weighted by Crippen LogP contribution is 2.14. The van der Waals surface area contributed by atoms with E-state index < -0.39 is 0 Å². The molecule has 1 amide bonds. The van der Waals surface area contributed by atoms with Gasteiger partial charge in [-0.15, -0.1) is 0 Å². The monoisotopic (exact) mass is 262 g/mol. The lowest BCUT2D eigenvalue weighted by molar-refractivity contribution is 0.0953. The highest BCUT2D eigenvalue weighted by molar-refractivity contribution is 7.98. The quantitative estimate of drug-likeness (QED) is 0.786. The first-order valence-electron chi connectivity index (χ1n) is 6.15. The highest BCUT2D eigenvalue weighted by atomic mass is 32.2. The first-order valence-corrected chi connectivity index (χ1v) is 7.55. The van der Waals surface area contributed by atoms with Crippen LogP contribution in [0.15, 0.2) is 30.5 Å². The molecule has 2 N–H and O–H groups in total. The number of benzene rings is 1. The summed E-state index contributed by atoms with van der Waals surface area (Å²) in [4.78, 5) is 15.0. The van der Waals surface area contributed by atoms with Gasteiger partial charge in [-0.1, -0.05) is 6.07 Å². The fraction of sp³-hybridized carbons (Fsp3) is 0.357. The number of hydrogen-bond donors (Lipinski definition) is 2. The standard InChI is InChI=1S/C14H18N2OS/c1-18-9-3-2-7-16-14(17)12-5-4-11-6-8-15-13(11)10-12/h4-6,8,10,15H,2-3,7,9H2,1H3,(H,16,17). The molecule has 1 heterocycles. The smallest absolute Gasteiger partial charge is 0.251 e. The summed E-state index contributed by atoms with van der Waals surface area (Å²) in [6, 6.07) is 7.73. The molecule has 2 rings (SSSR count). The zero-order valence-corrected chi connectivity index (χ0v) is 11.3. The van der Waals surface area contributed by atoms with Gasteiger partial charge in [-0.2, -0.15) is 11.8 Å². The van der Waals surface area contributed by atoms with E-state index in [1.165, 1.54) is 0 Å². The SMILES string of the molecule is CSCCCCNC(=O)c1ccc2cc[nH]c2c1. The maximum absolute atomic E-state index is 11.9. The van der Waals surface area contributed by atoms with Gasteiger partial charge >= 0.3 is 0 Å². The summed E-state index contributed by atoms with van der Waals surface area (Å²) in [5.41, 5.74) is 1.72. The summed E-state index contributed by atoms with van der Waals surface area (Å²) >= 11 is 1.84. The van der Waals surface area contributed by atoms with E-state index in [0.717, 1.165) is 41.6 Å². The van der Waals surface area contributed by atoms with Crippen LogP contribution in [-0.2, 0) is 0 Å². The Morgan fingerprint density at radius 2 is 2.22 bits per heavy atom. The molecule has 1 aromatic carbocycles. The number of carbonyl (C=O) groups excluding carboxylic acids is 1. The van der Waals surface area contributed by atoms with Crippen LogP contribution >= 0.6 is 11.8 Å². The second-order valence-corrected chi connectivity index (χ2v) is 5.22. The van der Waals surface area contributed by atoms with E-state index in [2.05, 4.69) is 16.6 Å². The number of thioether (sulfide) groups is 1. The van der Waals surface area contributed by atoms with Crippen molar-refractivity contribution < 1.29 is 4.79 Å². The minimum Gasteiger partial charge on any atom is -0.361 e. The fourth-order valence-electron chi connectivity index (χ4n) is 1.86. The Labute approximate surface area is 111 Å². The molecule has 0 aliphatic rings. The average molecular weight is 262 g/mol. The van der Waals surface area contributed by atoms with Crippen LogP contribution in [0.2, 0.25) is 0 Å². The van der Waals surface area contributed by atoms with E-state index in [4.69, 9.17) is 0 Å². The van der Waals surface area contributed by atoms with Crippen LogP contribution in [0.5, 0.6) is 0 Å². The molecule has 2 aromatic rings. The third-order valence-corrected chi connectivity index (χ3v) is 3.57. The Kier molecular flexibility index (Phi) is 4.70. The van der Waals surface area contributed by atoms with Gasteiger partial charge in [-0.05, 0) is 48.4 Å². The second kappa shape index (κ2) is 6.50. The number of nitrogens with one attached hydrogen (secondary N) is 2. The van der Waals surface area contributed by atoms with Crippen molar-refractivity contribution in [2.24, 2.45) is 0 Å². The molecule has 1 aromatic heterocycles. The lowest BCUT2D eigenvalue weighted by atomic mass is 10.1. The summed E-state index contributed by atoms with van der Waals surface area (Å²) in [6.07, 6.45) is 6.17. The molecule has 3 nitrogen and oxygen atoms in total. The molecule has 96 valence electrons. The Balaban J connectivity index is 1.88. The van der Waals surface area contributed by atoms with Gasteiger partial charge in [0.15, 0.2) is 0 Å². The number of hydrogen-bond acceptors (Lipinski definition) is 2. The lowest BCUT2D eigenvalue weighted by Crippen LogP contribution is -2.24. The van der Waals surface area contributed by atoms with Crippen LogP contribution in [0.3, 0.4) is 0 Å². The molecule has 0 saturated heterocycles. The van der Waals surface area contributed by atoms with Gasteiger partial charge in [0, 0.05) is 23.8 Å². The van der Waals surface area contributed by atoms with Crippen molar-refractivity contribution in [2.45, 2.75) is 12.8 Å². The number of aromatic amines is 1. The molecule has 4 heteroatoms. The molecule has 0 radical (unpaired) electrons. The van der Waals surface area contributed by atoms with Crippen LogP contribution in [0.25, 0.3) is 10.9 Å². The first-order chi connectivity index (χ1) is 8.81. The molecule has 0 aliphatic heterocycles. The number of amides is 1. The molecule has 18 heavy (non-hydrogen) atoms. The Bertz CT molecular complexity index is 521. The summed E-state index contributed by atoms with van der Waals surface area (Å²) in [5, 5.41) is 4.08. The predicted molar refractivity (Wildman–Crippen MR) is 78.2 cm³/mol. The highest BCUT2D eigenvalue weighted by Gasteiger charge is 2.05. The van der Waals surface area contributed by atoms with Crippen molar-refractivity contribution >= 4 is 28.6 Å². The number of carbonyl (C=O) groups is 1. The Morgan fingerprint density at radius 1 is 1.33 bits per heavy atom. The number of rotatable bonds is 6. The molecule has 0 fully saturated rings. The minimum absolute atomic E-state index is 0.00986. The van der Waals surface area contributed by atoms with Crippen LogP contribution in [-0.4, -0.2) is 29.4 Å². The molecular formula is C14H18N2OS. The number of unbranched alkanes of at least 4 members (excludes halogenated alkanes) is 1. The van der Waals surface area contributed by atoms with E-state index >= 15 is 0 Å². The van der Waals surface area contributed by atoms with Gasteiger partial charge in [-0.25, -0.2) is 0 Å². The second-order valence-electron chi connectivity index (χ2n) is 4.24. The lowest BCUT2D eigenvalue weighted by Gasteiger charge is -2.05. The normalized spacial score (nSPS) is 10.7. The fourth-order valence-corrected chi connectivity index (χ4v) is 2.36. The van der Waals surface area contributed by atoms with Crippen LogP contribution in [0.4, 0.5) is 0 Å². The average Bonchev–Trinajstić information content (AvgIpc) is 2.85. The van der Waals surface area contributed by atoms with Crippen molar-refractivity contribution in [3.63, 3.8) is 0 Å². The van der Waals surface area contributed by atoms with Crippen LogP contribution in [0.1, 0.15) is 23.2 Å². The zero-order chi connectivity index (χ0) is 12.8. The summed E-state index contributed by atoms with van der Waals surface area (Å²) < 4.78 is 0. The van der Waals surface area contributed by atoms with E-state index in [1.54, 1.807) is 0 Å². The van der Waals surface area contributed by atoms with Crippen molar-refractivity contribution in [1.29, 1.82) is 0 Å². The molecule has 0 saturated carbocycles. The van der Waals surface area contributed by atoms with Crippen molar-refractivity contribution in [2.75, 3.05) is 18.6 Å². The molecule has 0 unspecified atom stereocenters. The zero-order valence-electron chi connectivity index (χ0n) is 10.5. The van der Waals surface area contributed by atoms with Gasteiger partial charge < -0.3 is 10.3 Å². The van der Waals surface area contributed by atoms with E-state index in [-0.39, 0.29) is 5.91 Å². The van der Waals surface area contributed by atoms with Crippen molar-refractivity contribution in [3.05, 3.63) is 36.0 Å². The van der Waals surface area contributed by atoms with Crippen LogP contribution in [0, 0.1) is 0 Å². The summed E-state index contributed by atoms with van der Waals surface area (Å²) in [6.45, 7) is 0.752. The third-order valence-electron chi connectivity index (χ3n) is 2.88. The van der Waals surface area contributed by atoms with E-state index in [9.17, 15) is 4.79 Å². The van der Waals surface area contributed by atoms with Gasteiger partial charge in [0.05, 0.1) is 0 Å². The molecule has 0 atom stereocenters. The minimum atomic E-state index is 0.00986. The maximum Gasteiger partial charge on any atom is 0.251 e. The van der Waals surface area contributed by atoms with Gasteiger partial charge in [0.25, 0.3) is 5.91 Å². The van der Waals surface area contributed by atoms with Gasteiger partial charge in [0.2, 0.25) is 0 Å². The molecule has 0 aliphatic carbocycles. The van der Waals surface area contributed by atoms with Gasteiger partial charge in [-0.3, -0.25) is 4.79 Å². The van der Waals surface area contributed by atoms with E-state index in [1.807, 2.05) is 42.2 Å². The predicted octanol–water partition coefficient (Wildman–Crippen LogP) is 3.04. The Morgan fingerprint density at radius 3 is 3.06 bits per heavy atom. The molecule has 0 spiro atoms. The van der Waals surface area contributed by atoms with E-state index in [0.29, 0.717) is 0 Å².